The normalized spacial score (nSPS) is 13.1. The van der Waals surface area contributed by atoms with Gasteiger partial charge in [-0.3, -0.25) is 0 Å². The number of nitrogens with zero attached hydrogens (tertiary/aromatic N) is 1. The molecule has 0 saturated carbocycles. The average molecular weight is 485 g/mol. The molecule has 0 radical (unpaired) electrons. The Labute approximate surface area is 211 Å². The van der Waals surface area contributed by atoms with E-state index in [9.17, 15) is 0 Å². The minimum Gasteiger partial charge on any atom is -1.00 e. The molecule has 1 nitrogen and oxygen atoms in total. The molecule has 3 aromatic carbocycles. The van der Waals surface area contributed by atoms with Crippen molar-refractivity contribution >= 4 is 22.0 Å². The Bertz CT molecular complexity index is 1150. The van der Waals surface area contributed by atoms with Crippen molar-refractivity contribution in [2.24, 2.45) is 0 Å². The molecule has 31 heavy (non-hydrogen) atoms. The second kappa shape index (κ2) is 10.4. The fraction of sp³-hybridized carbons (Fsp3) is 0.259. The van der Waals surface area contributed by atoms with Gasteiger partial charge in [0.1, 0.15) is 0 Å². The van der Waals surface area contributed by atoms with Crippen LogP contribution in [0, 0.1) is 20.8 Å². The number of benzene rings is 3. The van der Waals surface area contributed by atoms with Gasteiger partial charge in [-0.15, -0.1) is 0 Å². The topological polar surface area (TPSA) is 3.24 Å². The van der Waals surface area contributed by atoms with E-state index in [4.69, 9.17) is 0 Å². The van der Waals surface area contributed by atoms with Crippen LogP contribution in [0.5, 0.6) is 0 Å². The fourth-order valence-corrected chi connectivity index (χ4v) is 5.53. The van der Waals surface area contributed by atoms with Crippen LogP contribution in [0.15, 0.2) is 65.8 Å². The smallest absolute Gasteiger partial charge is 1.00 e. The summed E-state index contributed by atoms with van der Waals surface area (Å²) in [4.78, 5) is 0. The summed E-state index contributed by atoms with van der Waals surface area (Å²) in [5, 5.41) is 2.68. The Morgan fingerprint density at radius 2 is 1.52 bits per heavy atom. The number of anilines is 1. The predicted octanol–water partition coefficient (Wildman–Crippen LogP) is 1.36. The number of fused-ring (bicyclic) bond motifs is 1. The summed E-state index contributed by atoms with van der Waals surface area (Å²) >= 11 is 2.23. The van der Waals surface area contributed by atoms with Gasteiger partial charge >= 0.3 is 187 Å². The van der Waals surface area contributed by atoms with E-state index in [-0.39, 0.29) is 24.8 Å². The SMILES string of the molecule is CC1=CCC(c2ccc3ccccc3c2C[N]([Ti+2])c2c(C)cc(C)cc2C)=C1C.[Cl-].[Cl-]. The van der Waals surface area contributed by atoms with Crippen molar-refractivity contribution in [1.29, 1.82) is 0 Å². The fourth-order valence-electron chi connectivity index (χ4n) is 4.74. The summed E-state index contributed by atoms with van der Waals surface area (Å²) in [5.74, 6) is 0. The van der Waals surface area contributed by atoms with E-state index in [0.29, 0.717) is 0 Å². The van der Waals surface area contributed by atoms with Crippen LogP contribution in [0.1, 0.15) is 48.1 Å². The first-order valence-electron chi connectivity index (χ1n) is 10.3. The molecule has 0 N–H and O–H groups in total. The van der Waals surface area contributed by atoms with Crippen molar-refractivity contribution in [3.05, 3.63) is 93.6 Å². The Balaban J connectivity index is 0.00000171. The van der Waals surface area contributed by atoms with E-state index in [2.05, 4.69) is 113 Å². The molecule has 0 bridgehead atoms. The van der Waals surface area contributed by atoms with Crippen molar-refractivity contribution < 1.29 is 45.5 Å². The van der Waals surface area contributed by atoms with E-state index in [1.165, 1.54) is 61.0 Å². The van der Waals surface area contributed by atoms with Crippen LogP contribution in [0.3, 0.4) is 0 Å². The summed E-state index contributed by atoms with van der Waals surface area (Å²) in [5.41, 5.74) is 12.5. The van der Waals surface area contributed by atoms with E-state index < -0.39 is 0 Å². The van der Waals surface area contributed by atoms with Gasteiger partial charge in [0.2, 0.25) is 0 Å². The number of aryl methyl sites for hydroxylation is 3. The quantitative estimate of drug-likeness (QED) is 0.505. The summed E-state index contributed by atoms with van der Waals surface area (Å²) < 4.78 is 2.43. The summed E-state index contributed by atoms with van der Waals surface area (Å²) in [7, 11) is 0. The van der Waals surface area contributed by atoms with Crippen LogP contribution in [-0.2, 0) is 27.2 Å². The monoisotopic (exact) mass is 484 g/mol. The Hall–Kier alpha value is -1.51. The summed E-state index contributed by atoms with van der Waals surface area (Å²) in [6, 6.07) is 18.0. The van der Waals surface area contributed by atoms with Gasteiger partial charge in [-0.25, -0.2) is 0 Å². The molecular formula is C27H28Cl2NTi. The minimum absolute atomic E-state index is 0. The second-order valence-corrected chi connectivity index (χ2v) is 9.18. The van der Waals surface area contributed by atoms with Gasteiger partial charge in [-0.2, -0.15) is 0 Å². The zero-order valence-corrected chi connectivity index (χ0v) is 21.9. The van der Waals surface area contributed by atoms with Crippen LogP contribution in [0.4, 0.5) is 5.69 Å². The molecule has 4 heteroatoms. The van der Waals surface area contributed by atoms with E-state index >= 15 is 0 Å². The maximum atomic E-state index is 2.43. The third-order valence-electron chi connectivity index (χ3n) is 6.24. The molecule has 0 aliphatic heterocycles. The largest absolute Gasteiger partial charge is 1.00 e. The molecule has 4 rings (SSSR count). The maximum Gasteiger partial charge on any atom is -1.00 e. The number of rotatable bonds is 4. The zero-order valence-electron chi connectivity index (χ0n) is 18.8. The third-order valence-corrected chi connectivity index (χ3v) is 6.84. The summed E-state index contributed by atoms with van der Waals surface area (Å²) in [6.07, 6.45) is 3.40. The van der Waals surface area contributed by atoms with Gasteiger partial charge in [-0.1, -0.05) is 0 Å². The van der Waals surface area contributed by atoms with Crippen molar-refractivity contribution in [1.82, 2.24) is 0 Å². The molecule has 3 aromatic rings. The van der Waals surface area contributed by atoms with Crippen LogP contribution in [0.25, 0.3) is 16.3 Å². The molecule has 0 saturated heterocycles. The molecule has 0 amide bonds. The summed E-state index contributed by atoms with van der Waals surface area (Å²) in [6.45, 7) is 12.0. The van der Waals surface area contributed by atoms with Crippen LogP contribution in [0.2, 0.25) is 0 Å². The Morgan fingerprint density at radius 3 is 2.13 bits per heavy atom. The van der Waals surface area contributed by atoms with Gasteiger partial charge in [0.25, 0.3) is 0 Å². The molecule has 159 valence electrons. The van der Waals surface area contributed by atoms with Crippen molar-refractivity contribution in [2.45, 2.75) is 47.6 Å². The van der Waals surface area contributed by atoms with Crippen LogP contribution >= 0.6 is 0 Å². The maximum absolute atomic E-state index is 2.43. The van der Waals surface area contributed by atoms with Crippen LogP contribution in [-0.4, -0.2) is 0 Å². The van der Waals surface area contributed by atoms with Gasteiger partial charge in [0.15, 0.2) is 0 Å². The molecule has 0 heterocycles. The van der Waals surface area contributed by atoms with E-state index in [1.807, 2.05) is 0 Å². The molecule has 0 aromatic heterocycles. The van der Waals surface area contributed by atoms with E-state index in [0.717, 1.165) is 13.0 Å². The van der Waals surface area contributed by atoms with E-state index in [1.54, 1.807) is 0 Å². The molecule has 1 aliphatic rings. The van der Waals surface area contributed by atoms with Crippen LogP contribution < -0.4 is 28.2 Å². The first-order chi connectivity index (χ1) is 13.9. The van der Waals surface area contributed by atoms with Gasteiger partial charge in [-0.05, 0) is 0 Å². The third kappa shape index (κ3) is 4.96. The van der Waals surface area contributed by atoms with Gasteiger partial charge in [0, 0.05) is 0 Å². The number of halogens is 2. The average Bonchev–Trinajstić information content (AvgIpc) is 3.00. The first kappa shape index (κ1) is 25.8. The number of allylic oxidation sites excluding steroid dienone is 4. The van der Waals surface area contributed by atoms with Gasteiger partial charge in [0.05, 0.1) is 0 Å². The standard InChI is InChI=1S/C27H28N.2ClH.Ti/c1-17-14-19(3)27(20(4)15-17)28-16-26-24-9-7-6-8-22(24)11-13-25(26)23-12-10-18(2)21(23)5;;;/h6-11,13-15H,12,16H2,1-5H3;2*1H;/q-1;;;+3/p-2. The second-order valence-electron chi connectivity index (χ2n) is 8.34. The molecule has 0 spiro atoms. The Morgan fingerprint density at radius 1 is 0.871 bits per heavy atom. The molecule has 1 aliphatic carbocycles. The molecular weight excluding hydrogens is 457 g/mol. The molecule has 0 fully saturated rings. The van der Waals surface area contributed by atoms with Gasteiger partial charge < -0.3 is 24.8 Å². The van der Waals surface area contributed by atoms with Crippen molar-refractivity contribution in [3.63, 3.8) is 0 Å². The number of hydrogen-bond donors (Lipinski definition) is 0. The molecule has 0 unspecified atom stereocenters. The molecule has 0 atom stereocenters. The minimum atomic E-state index is 0. The first-order valence-corrected chi connectivity index (χ1v) is 11.0. The predicted molar refractivity (Wildman–Crippen MR) is 122 cm³/mol. The van der Waals surface area contributed by atoms with Crippen molar-refractivity contribution in [3.8, 4) is 0 Å². The van der Waals surface area contributed by atoms with Crippen molar-refractivity contribution in [2.75, 3.05) is 3.38 Å². The zero-order chi connectivity index (χ0) is 20.7. The number of hydrogen-bond acceptors (Lipinski definition) is 1. The Kier molecular flexibility index (Phi) is 8.65.